The Labute approximate surface area is 142 Å². The molecule has 4 heteroatoms. The molecule has 1 saturated carbocycles. The average Bonchev–Trinajstić information content (AvgIpc) is 3.29. The maximum Gasteiger partial charge on any atom is 0.251 e. The average molecular weight is 328 g/mol. The summed E-state index contributed by atoms with van der Waals surface area (Å²) in [5.74, 6) is 0.714. The summed E-state index contributed by atoms with van der Waals surface area (Å²) >= 11 is 1.85. The highest BCUT2D eigenvalue weighted by molar-refractivity contribution is 7.10. The van der Waals surface area contributed by atoms with Crippen molar-refractivity contribution in [3.8, 4) is 0 Å². The van der Waals surface area contributed by atoms with Crippen molar-refractivity contribution >= 4 is 17.2 Å². The number of amides is 1. The Bertz CT molecular complexity index is 615. The number of hydrogen-bond acceptors (Lipinski definition) is 3. The Balaban J connectivity index is 1.65. The first kappa shape index (κ1) is 16.2. The van der Waals surface area contributed by atoms with E-state index in [0.717, 1.165) is 12.5 Å². The Morgan fingerprint density at radius 1 is 1.22 bits per heavy atom. The fourth-order valence-electron chi connectivity index (χ4n) is 3.40. The van der Waals surface area contributed by atoms with Crippen LogP contribution < -0.4 is 10.6 Å². The molecule has 3 rings (SSSR count). The van der Waals surface area contributed by atoms with E-state index >= 15 is 0 Å². The number of carbonyl (C=O) groups is 1. The molecule has 0 bridgehead atoms. The van der Waals surface area contributed by atoms with Gasteiger partial charge < -0.3 is 10.6 Å². The summed E-state index contributed by atoms with van der Waals surface area (Å²) in [5.41, 5.74) is 1.93. The molecule has 1 fully saturated rings. The van der Waals surface area contributed by atoms with Crippen LogP contribution in [0.5, 0.6) is 0 Å². The van der Waals surface area contributed by atoms with Crippen LogP contribution in [0.2, 0.25) is 0 Å². The van der Waals surface area contributed by atoms with Gasteiger partial charge in [0, 0.05) is 30.1 Å². The minimum Gasteiger partial charge on any atom is -0.355 e. The van der Waals surface area contributed by atoms with E-state index in [1.54, 1.807) is 7.05 Å². The molecule has 0 unspecified atom stereocenters. The van der Waals surface area contributed by atoms with E-state index in [1.165, 1.54) is 36.1 Å². The molecule has 1 heterocycles. The van der Waals surface area contributed by atoms with Crippen molar-refractivity contribution in [2.75, 3.05) is 7.05 Å². The van der Waals surface area contributed by atoms with E-state index in [2.05, 4.69) is 28.1 Å². The van der Waals surface area contributed by atoms with Crippen LogP contribution in [-0.4, -0.2) is 13.0 Å². The third kappa shape index (κ3) is 4.01. The molecule has 23 heavy (non-hydrogen) atoms. The number of thiophene rings is 1. The summed E-state index contributed by atoms with van der Waals surface area (Å²) in [5, 5.41) is 8.57. The zero-order valence-corrected chi connectivity index (χ0v) is 14.4. The van der Waals surface area contributed by atoms with Crippen LogP contribution in [0.4, 0.5) is 0 Å². The highest BCUT2D eigenvalue weighted by Crippen LogP contribution is 2.37. The van der Waals surface area contributed by atoms with Gasteiger partial charge in [-0.1, -0.05) is 31.0 Å². The van der Waals surface area contributed by atoms with E-state index in [9.17, 15) is 4.79 Å². The van der Waals surface area contributed by atoms with Gasteiger partial charge in [0.1, 0.15) is 0 Å². The van der Waals surface area contributed by atoms with Crippen LogP contribution in [0.25, 0.3) is 0 Å². The van der Waals surface area contributed by atoms with E-state index in [0.29, 0.717) is 11.6 Å². The standard InChI is InChI=1S/C19H24N2OS/c1-20-19(22)16-10-8-14(9-11-16)13-21-18(15-5-2-3-6-15)17-7-4-12-23-17/h4,7-12,15,18,21H,2-3,5-6,13H2,1H3,(H,20,22)/t18-/m0/s1. The minimum absolute atomic E-state index is 0.0353. The third-order valence-electron chi connectivity index (χ3n) is 4.69. The maximum atomic E-state index is 11.6. The monoisotopic (exact) mass is 328 g/mol. The minimum atomic E-state index is -0.0353. The summed E-state index contributed by atoms with van der Waals surface area (Å²) in [6, 6.07) is 12.7. The number of hydrogen-bond donors (Lipinski definition) is 2. The molecule has 2 aromatic rings. The smallest absolute Gasteiger partial charge is 0.251 e. The van der Waals surface area contributed by atoms with Crippen molar-refractivity contribution in [3.63, 3.8) is 0 Å². The van der Waals surface area contributed by atoms with E-state index < -0.39 is 0 Å². The Morgan fingerprint density at radius 3 is 2.57 bits per heavy atom. The molecule has 0 spiro atoms. The Kier molecular flexibility index (Phi) is 5.47. The van der Waals surface area contributed by atoms with Crippen molar-refractivity contribution in [2.45, 2.75) is 38.3 Å². The van der Waals surface area contributed by atoms with Gasteiger partial charge in [-0.25, -0.2) is 0 Å². The molecular formula is C19H24N2OS. The molecule has 2 N–H and O–H groups in total. The lowest BCUT2D eigenvalue weighted by atomic mass is 9.96. The van der Waals surface area contributed by atoms with Crippen molar-refractivity contribution in [2.24, 2.45) is 5.92 Å². The fourth-order valence-corrected chi connectivity index (χ4v) is 4.30. The first-order valence-corrected chi connectivity index (χ1v) is 9.23. The van der Waals surface area contributed by atoms with E-state index in [4.69, 9.17) is 0 Å². The van der Waals surface area contributed by atoms with Gasteiger partial charge in [-0.3, -0.25) is 4.79 Å². The third-order valence-corrected chi connectivity index (χ3v) is 5.65. The molecule has 1 aromatic carbocycles. The number of benzene rings is 1. The van der Waals surface area contributed by atoms with E-state index in [-0.39, 0.29) is 5.91 Å². The van der Waals surface area contributed by atoms with Crippen molar-refractivity contribution in [1.29, 1.82) is 0 Å². The zero-order chi connectivity index (χ0) is 16.1. The first-order chi connectivity index (χ1) is 11.3. The lowest BCUT2D eigenvalue weighted by molar-refractivity contribution is 0.0963. The normalized spacial score (nSPS) is 16.4. The molecule has 1 aliphatic carbocycles. The highest BCUT2D eigenvalue weighted by Gasteiger charge is 2.26. The van der Waals surface area contributed by atoms with Crippen LogP contribution in [0.1, 0.15) is 52.5 Å². The highest BCUT2D eigenvalue weighted by atomic mass is 32.1. The predicted octanol–water partition coefficient (Wildman–Crippen LogP) is 4.13. The number of carbonyl (C=O) groups excluding carboxylic acids is 1. The summed E-state index contributed by atoms with van der Waals surface area (Å²) in [6.07, 6.45) is 5.36. The topological polar surface area (TPSA) is 41.1 Å². The second-order valence-electron chi connectivity index (χ2n) is 6.19. The summed E-state index contributed by atoms with van der Waals surface area (Å²) in [6.45, 7) is 0.840. The molecule has 0 aliphatic heterocycles. The molecule has 1 amide bonds. The van der Waals surface area contributed by atoms with Crippen LogP contribution in [-0.2, 0) is 6.54 Å². The molecule has 0 saturated heterocycles. The molecular weight excluding hydrogens is 304 g/mol. The number of nitrogens with one attached hydrogen (secondary N) is 2. The second-order valence-corrected chi connectivity index (χ2v) is 7.17. The van der Waals surface area contributed by atoms with E-state index in [1.807, 2.05) is 35.6 Å². The molecule has 1 aromatic heterocycles. The lowest BCUT2D eigenvalue weighted by Crippen LogP contribution is -2.26. The zero-order valence-electron chi connectivity index (χ0n) is 13.5. The van der Waals surface area contributed by atoms with Crippen LogP contribution in [0.15, 0.2) is 41.8 Å². The largest absolute Gasteiger partial charge is 0.355 e. The van der Waals surface area contributed by atoms with Crippen molar-refractivity contribution in [3.05, 3.63) is 57.8 Å². The van der Waals surface area contributed by atoms with Gasteiger partial charge in [0.15, 0.2) is 0 Å². The molecule has 122 valence electrons. The van der Waals surface area contributed by atoms with Crippen molar-refractivity contribution in [1.82, 2.24) is 10.6 Å². The van der Waals surface area contributed by atoms with Gasteiger partial charge in [-0.05, 0) is 47.9 Å². The van der Waals surface area contributed by atoms with Gasteiger partial charge in [0.05, 0.1) is 0 Å². The summed E-state index contributed by atoms with van der Waals surface area (Å²) < 4.78 is 0. The SMILES string of the molecule is CNC(=O)c1ccc(CN[C@H](c2cccs2)C2CCCC2)cc1. The Hall–Kier alpha value is -1.65. The predicted molar refractivity (Wildman–Crippen MR) is 95.7 cm³/mol. The van der Waals surface area contributed by atoms with Crippen LogP contribution in [0.3, 0.4) is 0 Å². The summed E-state index contributed by atoms with van der Waals surface area (Å²) in [4.78, 5) is 13.0. The number of rotatable bonds is 6. The van der Waals surface area contributed by atoms with Gasteiger partial charge >= 0.3 is 0 Å². The molecule has 3 nitrogen and oxygen atoms in total. The second kappa shape index (κ2) is 7.75. The molecule has 0 radical (unpaired) electrons. The van der Waals surface area contributed by atoms with Gasteiger partial charge in [0.2, 0.25) is 0 Å². The van der Waals surface area contributed by atoms with Crippen LogP contribution in [0, 0.1) is 5.92 Å². The van der Waals surface area contributed by atoms with Crippen LogP contribution >= 0.6 is 11.3 Å². The lowest BCUT2D eigenvalue weighted by Gasteiger charge is -2.24. The van der Waals surface area contributed by atoms with Crippen molar-refractivity contribution < 1.29 is 4.79 Å². The quantitative estimate of drug-likeness (QED) is 0.837. The summed E-state index contributed by atoms with van der Waals surface area (Å²) in [7, 11) is 1.66. The van der Waals surface area contributed by atoms with Gasteiger partial charge in [-0.2, -0.15) is 0 Å². The molecule has 1 aliphatic rings. The van der Waals surface area contributed by atoms with Gasteiger partial charge in [-0.15, -0.1) is 11.3 Å². The fraction of sp³-hybridized carbons (Fsp3) is 0.421. The molecule has 1 atom stereocenters. The first-order valence-electron chi connectivity index (χ1n) is 8.35. The van der Waals surface area contributed by atoms with Gasteiger partial charge in [0.25, 0.3) is 5.91 Å². The Morgan fingerprint density at radius 2 is 1.96 bits per heavy atom. The maximum absolute atomic E-state index is 11.6.